The molecule has 3 rings (SSSR count). The molecule has 0 aromatic carbocycles. The van der Waals surface area contributed by atoms with E-state index in [9.17, 15) is 4.79 Å². The number of hydrogen-bond acceptors (Lipinski definition) is 4. The Labute approximate surface area is 136 Å². The Balaban J connectivity index is 1.81. The van der Waals surface area contributed by atoms with Crippen molar-refractivity contribution in [2.24, 2.45) is 5.92 Å². The highest BCUT2D eigenvalue weighted by Gasteiger charge is 2.26. The molecule has 23 heavy (non-hydrogen) atoms. The zero-order valence-corrected chi connectivity index (χ0v) is 13.8. The number of amides is 1. The van der Waals surface area contributed by atoms with E-state index >= 15 is 0 Å². The van der Waals surface area contributed by atoms with Gasteiger partial charge in [0.1, 0.15) is 5.69 Å². The van der Waals surface area contributed by atoms with Crippen LogP contribution >= 0.6 is 0 Å². The number of rotatable bonds is 5. The monoisotopic (exact) mass is 313 g/mol. The lowest BCUT2D eigenvalue weighted by Crippen LogP contribution is -2.26. The topological polar surface area (TPSA) is 63.9 Å². The van der Waals surface area contributed by atoms with E-state index < -0.39 is 0 Å². The van der Waals surface area contributed by atoms with Crippen LogP contribution in [0.1, 0.15) is 32.4 Å². The zero-order valence-electron chi connectivity index (χ0n) is 13.8. The van der Waals surface area contributed by atoms with Gasteiger partial charge in [-0.1, -0.05) is 6.92 Å². The van der Waals surface area contributed by atoms with Crippen LogP contribution in [0.3, 0.4) is 0 Å². The van der Waals surface area contributed by atoms with Crippen LogP contribution in [0.5, 0.6) is 0 Å². The first-order valence-electron chi connectivity index (χ1n) is 8.26. The minimum atomic E-state index is 0.160. The van der Waals surface area contributed by atoms with E-state index in [1.54, 1.807) is 19.3 Å². The number of likely N-dealkylation sites (tertiary alicyclic amines) is 1. The maximum absolute atomic E-state index is 11.5. The molecule has 1 aliphatic heterocycles. The normalized spacial score (nSPS) is 17.7. The number of aromatic nitrogens is 4. The summed E-state index contributed by atoms with van der Waals surface area (Å²) in [6.07, 6.45) is 8.21. The molecule has 0 saturated carbocycles. The first-order valence-corrected chi connectivity index (χ1v) is 8.26. The molecule has 0 aliphatic carbocycles. The van der Waals surface area contributed by atoms with Gasteiger partial charge in [-0.05, 0) is 31.2 Å². The fraction of sp³-hybridized carbons (Fsp3) is 0.529. The van der Waals surface area contributed by atoms with Gasteiger partial charge < -0.3 is 4.90 Å². The summed E-state index contributed by atoms with van der Waals surface area (Å²) in [4.78, 5) is 22.5. The van der Waals surface area contributed by atoms with Gasteiger partial charge in [0.2, 0.25) is 5.91 Å². The quantitative estimate of drug-likeness (QED) is 0.848. The van der Waals surface area contributed by atoms with Crippen molar-refractivity contribution in [3.8, 4) is 11.4 Å². The van der Waals surface area contributed by atoms with Crippen LogP contribution in [0.25, 0.3) is 11.4 Å². The molecule has 0 spiro atoms. The highest BCUT2D eigenvalue weighted by Crippen LogP contribution is 2.25. The summed E-state index contributed by atoms with van der Waals surface area (Å²) >= 11 is 0. The lowest BCUT2D eigenvalue weighted by molar-refractivity contribution is -0.127. The lowest BCUT2D eigenvalue weighted by atomic mass is 10.0. The van der Waals surface area contributed by atoms with E-state index in [0.29, 0.717) is 5.92 Å². The molecule has 0 bridgehead atoms. The van der Waals surface area contributed by atoms with Gasteiger partial charge in [0.25, 0.3) is 0 Å². The molecule has 2 aromatic rings. The van der Waals surface area contributed by atoms with Crippen molar-refractivity contribution in [2.75, 3.05) is 13.1 Å². The third-order valence-corrected chi connectivity index (χ3v) is 4.38. The summed E-state index contributed by atoms with van der Waals surface area (Å²) in [5.74, 6) is 0.616. The Morgan fingerprint density at radius 2 is 2.13 bits per heavy atom. The summed E-state index contributed by atoms with van der Waals surface area (Å²) in [6, 6.07) is 2.00. The van der Waals surface area contributed by atoms with Crippen LogP contribution in [-0.4, -0.2) is 43.6 Å². The number of carbonyl (C=O) groups is 1. The van der Waals surface area contributed by atoms with Gasteiger partial charge in [-0.2, -0.15) is 5.10 Å². The average molecular weight is 313 g/mol. The summed E-state index contributed by atoms with van der Waals surface area (Å²) in [5.41, 5.74) is 2.94. The zero-order chi connectivity index (χ0) is 16.2. The molecule has 1 fully saturated rings. The van der Waals surface area contributed by atoms with Gasteiger partial charge in [0.05, 0.1) is 11.4 Å². The number of carbonyl (C=O) groups excluding carboxylic acids is 1. The Hall–Kier alpha value is -2.24. The second-order valence-corrected chi connectivity index (χ2v) is 6.12. The molecular formula is C17H23N5O. The van der Waals surface area contributed by atoms with Crippen molar-refractivity contribution in [1.82, 2.24) is 24.6 Å². The van der Waals surface area contributed by atoms with E-state index in [-0.39, 0.29) is 5.91 Å². The van der Waals surface area contributed by atoms with Gasteiger partial charge in [-0.3, -0.25) is 19.4 Å². The van der Waals surface area contributed by atoms with E-state index in [4.69, 9.17) is 0 Å². The van der Waals surface area contributed by atoms with Crippen LogP contribution in [0.15, 0.2) is 24.7 Å². The molecule has 122 valence electrons. The fourth-order valence-electron chi connectivity index (χ4n) is 3.21. The third kappa shape index (κ3) is 3.41. The smallest absolute Gasteiger partial charge is 0.219 e. The Bertz CT molecular complexity index is 681. The molecule has 6 nitrogen and oxygen atoms in total. The second-order valence-electron chi connectivity index (χ2n) is 6.12. The van der Waals surface area contributed by atoms with Gasteiger partial charge >= 0.3 is 0 Å². The summed E-state index contributed by atoms with van der Waals surface area (Å²) < 4.78 is 1.99. The van der Waals surface area contributed by atoms with Crippen LogP contribution < -0.4 is 0 Å². The molecule has 1 amide bonds. The summed E-state index contributed by atoms with van der Waals surface area (Å²) in [5, 5.41) is 4.39. The van der Waals surface area contributed by atoms with Crippen LogP contribution in [0.2, 0.25) is 0 Å². The summed E-state index contributed by atoms with van der Waals surface area (Å²) in [7, 11) is 0. The van der Waals surface area contributed by atoms with Crippen molar-refractivity contribution >= 4 is 5.91 Å². The lowest BCUT2D eigenvalue weighted by Gasteiger charge is -2.15. The largest absolute Gasteiger partial charge is 0.343 e. The maximum Gasteiger partial charge on any atom is 0.219 e. The third-order valence-electron chi connectivity index (χ3n) is 4.38. The van der Waals surface area contributed by atoms with Crippen molar-refractivity contribution < 1.29 is 4.79 Å². The standard InChI is InChI=1S/C17H23N5O/c1-3-9-22-16(4-6-20-22)17-15(18-7-8-19-17)11-14-5-10-21(12-14)13(2)23/h4,6-8,14H,3,5,9-12H2,1-2H3/t14-/m1/s1. The molecule has 6 heteroatoms. The first-order chi connectivity index (χ1) is 11.2. The van der Waals surface area contributed by atoms with Crippen LogP contribution in [-0.2, 0) is 17.8 Å². The predicted octanol–water partition coefficient (Wildman–Crippen LogP) is 2.16. The fourth-order valence-corrected chi connectivity index (χ4v) is 3.21. The van der Waals surface area contributed by atoms with E-state index in [1.807, 2.05) is 21.8 Å². The van der Waals surface area contributed by atoms with Crippen LogP contribution in [0.4, 0.5) is 0 Å². The molecule has 2 aromatic heterocycles. The SMILES string of the molecule is CCCn1nccc1-c1nccnc1C[C@H]1CCN(C(C)=O)C1. The molecule has 0 radical (unpaired) electrons. The minimum Gasteiger partial charge on any atom is -0.343 e. The predicted molar refractivity (Wildman–Crippen MR) is 87.6 cm³/mol. The van der Waals surface area contributed by atoms with Crippen molar-refractivity contribution in [3.05, 3.63) is 30.4 Å². The first kappa shape index (κ1) is 15.6. The Kier molecular flexibility index (Phi) is 4.69. The van der Waals surface area contributed by atoms with E-state index in [0.717, 1.165) is 56.0 Å². The molecule has 0 unspecified atom stereocenters. The van der Waals surface area contributed by atoms with Crippen molar-refractivity contribution in [2.45, 2.75) is 39.7 Å². The van der Waals surface area contributed by atoms with Gasteiger partial charge in [0, 0.05) is 45.1 Å². The molecule has 1 saturated heterocycles. The average Bonchev–Trinajstić information content (AvgIpc) is 3.18. The number of aryl methyl sites for hydroxylation is 1. The highest BCUT2D eigenvalue weighted by molar-refractivity contribution is 5.73. The molecule has 1 aliphatic rings. The maximum atomic E-state index is 11.5. The van der Waals surface area contributed by atoms with Crippen LogP contribution in [0, 0.1) is 5.92 Å². The van der Waals surface area contributed by atoms with Crippen molar-refractivity contribution in [1.29, 1.82) is 0 Å². The van der Waals surface area contributed by atoms with Gasteiger partial charge in [-0.15, -0.1) is 0 Å². The molecule has 0 N–H and O–H groups in total. The van der Waals surface area contributed by atoms with Crippen molar-refractivity contribution in [3.63, 3.8) is 0 Å². The Morgan fingerprint density at radius 3 is 2.87 bits per heavy atom. The molecule has 1 atom stereocenters. The molecule has 3 heterocycles. The van der Waals surface area contributed by atoms with E-state index in [1.165, 1.54) is 0 Å². The van der Waals surface area contributed by atoms with Gasteiger partial charge in [0.15, 0.2) is 0 Å². The highest BCUT2D eigenvalue weighted by atomic mass is 16.2. The minimum absolute atomic E-state index is 0.160. The number of hydrogen-bond donors (Lipinski definition) is 0. The molecular weight excluding hydrogens is 290 g/mol. The number of nitrogens with zero attached hydrogens (tertiary/aromatic N) is 5. The Morgan fingerprint density at radius 1 is 1.30 bits per heavy atom. The summed E-state index contributed by atoms with van der Waals surface area (Å²) in [6.45, 7) is 6.32. The van der Waals surface area contributed by atoms with Gasteiger partial charge in [-0.25, -0.2) is 0 Å². The van der Waals surface area contributed by atoms with E-state index in [2.05, 4.69) is 22.0 Å². The second kappa shape index (κ2) is 6.89.